The number of halogens is 2. The van der Waals surface area contributed by atoms with Gasteiger partial charge in [0.1, 0.15) is 5.02 Å². The Labute approximate surface area is 131 Å². The Morgan fingerprint density at radius 1 is 1.24 bits per heavy atom. The normalized spacial score (nSPS) is 11.0. The summed E-state index contributed by atoms with van der Waals surface area (Å²) in [6, 6.07) is 9.76. The molecule has 3 aromatic rings. The highest BCUT2D eigenvalue weighted by Crippen LogP contribution is 2.19. The van der Waals surface area contributed by atoms with Crippen LogP contribution in [0, 0.1) is 6.92 Å². The summed E-state index contributed by atoms with van der Waals surface area (Å²) in [5.74, 6) is 0. The van der Waals surface area contributed by atoms with Gasteiger partial charge in [0, 0.05) is 11.1 Å². The first-order valence-electron chi connectivity index (χ1n) is 6.32. The molecule has 3 rings (SSSR count). The van der Waals surface area contributed by atoms with Crippen LogP contribution < -0.4 is 5.56 Å². The second-order valence-electron chi connectivity index (χ2n) is 4.72. The third-order valence-corrected chi connectivity index (χ3v) is 3.93. The molecule has 0 saturated heterocycles. The van der Waals surface area contributed by atoms with Crippen LogP contribution in [0.2, 0.25) is 10.2 Å². The van der Waals surface area contributed by atoms with Crippen LogP contribution in [0.1, 0.15) is 11.3 Å². The van der Waals surface area contributed by atoms with Gasteiger partial charge < -0.3 is 0 Å². The van der Waals surface area contributed by atoms with E-state index in [4.69, 9.17) is 23.2 Å². The van der Waals surface area contributed by atoms with Gasteiger partial charge in [0.05, 0.1) is 18.4 Å². The predicted octanol–water partition coefficient (Wildman–Crippen LogP) is 3.46. The van der Waals surface area contributed by atoms with Crippen molar-refractivity contribution in [3.8, 4) is 0 Å². The van der Waals surface area contributed by atoms with Gasteiger partial charge in [0.2, 0.25) is 0 Å². The van der Waals surface area contributed by atoms with Gasteiger partial charge >= 0.3 is 0 Å². The van der Waals surface area contributed by atoms with Crippen molar-refractivity contribution >= 4 is 34.1 Å². The molecule has 0 radical (unpaired) electrons. The highest BCUT2D eigenvalue weighted by Gasteiger charge is 2.10. The minimum Gasteiger partial charge on any atom is -0.293 e. The van der Waals surface area contributed by atoms with Crippen LogP contribution >= 0.6 is 23.2 Å². The van der Waals surface area contributed by atoms with Gasteiger partial charge in [-0.05, 0) is 24.6 Å². The number of pyridine rings is 1. The maximum absolute atomic E-state index is 12.1. The molecule has 2 heterocycles. The number of benzene rings is 1. The van der Waals surface area contributed by atoms with Gasteiger partial charge in [-0.2, -0.15) is 0 Å². The fraction of sp³-hybridized carbons (Fsp3) is 0.133. The average molecular weight is 320 g/mol. The van der Waals surface area contributed by atoms with Gasteiger partial charge in [-0.25, -0.2) is 4.98 Å². The molecule has 0 fully saturated rings. The van der Waals surface area contributed by atoms with Gasteiger partial charge in [0.25, 0.3) is 5.56 Å². The zero-order valence-corrected chi connectivity index (χ0v) is 12.7. The molecule has 1 aromatic carbocycles. The molecule has 0 aliphatic heterocycles. The van der Waals surface area contributed by atoms with Crippen LogP contribution in [-0.2, 0) is 6.54 Å². The Bertz CT molecular complexity index is 890. The van der Waals surface area contributed by atoms with E-state index < -0.39 is 0 Å². The van der Waals surface area contributed by atoms with Gasteiger partial charge in [0.15, 0.2) is 5.15 Å². The maximum atomic E-state index is 12.1. The van der Waals surface area contributed by atoms with Crippen molar-refractivity contribution in [3.63, 3.8) is 0 Å². The van der Waals surface area contributed by atoms with E-state index in [-0.39, 0.29) is 15.7 Å². The van der Waals surface area contributed by atoms with Crippen molar-refractivity contribution in [2.45, 2.75) is 13.5 Å². The van der Waals surface area contributed by atoms with Crippen LogP contribution in [0.25, 0.3) is 10.9 Å². The molecule has 0 aliphatic carbocycles. The Morgan fingerprint density at radius 3 is 2.81 bits per heavy atom. The van der Waals surface area contributed by atoms with E-state index in [1.807, 2.05) is 37.3 Å². The average Bonchev–Trinajstić information content (AvgIpc) is 2.47. The van der Waals surface area contributed by atoms with Crippen molar-refractivity contribution < 1.29 is 0 Å². The molecule has 0 amide bonds. The maximum Gasteiger partial charge on any atom is 0.273 e. The van der Waals surface area contributed by atoms with Gasteiger partial charge in [-0.1, -0.05) is 41.4 Å². The Kier molecular flexibility index (Phi) is 3.66. The van der Waals surface area contributed by atoms with Gasteiger partial charge in [-0.3, -0.25) is 14.3 Å². The van der Waals surface area contributed by atoms with E-state index in [2.05, 4.69) is 9.97 Å². The summed E-state index contributed by atoms with van der Waals surface area (Å²) in [7, 11) is 0. The fourth-order valence-corrected chi connectivity index (χ4v) is 2.55. The van der Waals surface area contributed by atoms with Crippen LogP contribution in [0.4, 0.5) is 0 Å². The summed E-state index contributed by atoms with van der Waals surface area (Å²) in [6.07, 6.45) is 1.40. The Balaban J connectivity index is 2.15. The minimum absolute atomic E-state index is 0.0219. The lowest BCUT2D eigenvalue weighted by Crippen LogP contribution is -2.21. The number of hydrogen-bond donors (Lipinski definition) is 0. The fourth-order valence-electron chi connectivity index (χ4n) is 2.27. The van der Waals surface area contributed by atoms with Crippen LogP contribution in [-0.4, -0.2) is 14.5 Å². The lowest BCUT2D eigenvalue weighted by atomic mass is 10.1. The molecule has 0 spiro atoms. The Morgan fingerprint density at radius 2 is 2.00 bits per heavy atom. The van der Waals surface area contributed by atoms with E-state index in [1.165, 1.54) is 10.9 Å². The largest absolute Gasteiger partial charge is 0.293 e. The second kappa shape index (κ2) is 5.47. The van der Waals surface area contributed by atoms with Crippen molar-refractivity contribution in [3.05, 3.63) is 68.4 Å². The first-order valence-corrected chi connectivity index (χ1v) is 7.07. The summed E-state index contributed by atoms with van der Waals surface area (Å²) in [4.78, 5) is 20.5. The lowest BCUT2D eigenvalue weighted by molar-refractivity contribution is 0.739. The van der Waals surface area contributed by atoms with E-state index in [0.29, 0.717) is 6.54 Å². The number of rotatable bonds is 2. The first kappa shape index (κ1) is 14.0. The van der Waals surface area contributed by atoms with Crippen LogP contribution in [0.5, 0.6) is 0 Å². The quantitative estimate of drug-likeness (QED) is 0.680. The molecule has 6 heteroatoms. The van der Waals surface area contributed by atoms with E-state index in [0.717, 1.165) is 22.2 Å². The Hall–Kier alpha value is -1.91. The minimum atomic E-state index is -0.352. The number of fused-ring (bicyclic) bond motifs is 1. The number of nitrogens with zero attached hydrogens (tertiary/aromatic N) is 3. The third-order valence-electron chi connectivity index (χ3n) is 3.21. The number of aromatic nitrogens is 3. The zero-order chi connectivity index (χ0) is 15.0. The molecule has 0 aliphatic rings. The molecule has 106 valence electrons. The second-order valence-corrected chi connectivity index (χ2v) is 5.46. The van der Waals surface area contributed by atoms with E-state index >= 15 is 0 Å². The van der Waals surface area contributed by atoms with Crippen molar-refractivity contribution in [1.29, 1.82) is 0 Å². The SMILES string of the molecule is Cc1cc(Cn2cnc(Cl)c(Cl)c2=O)c2ccccc2n1. The molecule has 21 heavy (non-hydrogen) atoms. The molecule has 2 aromatic heterocycles. The predicted molar refractivity (Wildman–Crippen MR) is 84.1 cm³/mol. The third kappa shape index (κ3) is 2.64. The molecule has 0 atom stereocenters. The van der Waals surface area contributed by atoms with E-state index in [9.17, 15) is 4.79 Å². The highest BCUT2D eigenvalue weighted by atomic mass is 35.5. The topological polar surface area (TPSA) is 47.8 Å². The highest BCUT2D eigenvalue weighted by molar-refractivity contribution is 6.40. The smallest absolute Gasteiger partial charge is 0.273 e. The monoisotopic (exact) mass is 319 g/mol. The first-order chi connectivity index (χ1) is 10.1. The number of hydrogen-bond acceptors (Lipinski definition) is 3. The molecule has 0 bridgehead atoms. The summed E-state index contributed by atoms with van der Waals surface area (Å²) >= 11 is 11.6. The van der Waals surface area contributed by atoms with Crippen LogP contribution in [0.3, 0.4) is 0 Å². The standard InChI is InChI=1S/C15H11Cl2N3O/c1-9-6-10(11-4-2-3-5-12(11)19-9)7-20-8-18-14(17)13(16)15(20)21/h2-6,8H,7H2,1H3. The summed E-state index contributed by atoms with van der Waals surface area (Å²) in [5, 5.41) is 0.962. The van der Waals surface area contributed by atoms with Gasteiger partial charge in [-0.15, -0.1) is 0 Å². The van der Waals surface area contributed by atoms with Crippen molar-refractivity contribution in [2.24, 2.45) is 0 Å². The summed E-state index contributed by atoms with van der Waals surface area (Å²) < 4.78 is 1.44. The molecular weight excluding hydrogens is 309 g/mol. The molecule has 4 nitrogen and oxygen atoms in total. The van der Waals surface area contributed by atoms with Crippen molar-refractivity contribution in [1.82, 2.24) is 14.5 Å². The number of aryl methyl sites for hydroxylation is 1. The summed E-state index contributed by atoms with van der Waals surface area (Å²) in [6.45, 7) is 2.29. The summed E-state index contributed by atoms with van der Waals surface area (Å²) in [5.41, 5.74) is 2.42. The van der Waals surface area contributed by atoms with Crippen LogP contribution in [0.15, 0.2) is 41.5 Å². The van der Waals surface area contributed by atoms with Crippen molar-refractivity contribution in [2.75, 3.05) is 0 Å². The molecular formula is C15H11Cl2N3O. The molecule has 0 N–H and O–H groups in total. The lowest BCUT2D eigenvalue weighted by Gasteiger charge is -2.10. The van der Waals surface area contributed by atoms with E-state index in [1.54, 1.807) is 0 Å². The zero-order valence-electron chi connectivity index (χ0n) is 11.2. The molecule has 0 saturated carbocycles. The number of para-hydroxylation sites is 1. The molecule has 0 unspecified atom stereocenters.